The van der Waals surface area contributed by atoms with Crippen LogP contribution in [0.2, 0.25) is 0 Å². The first-order valence-corrected chi connectivity index (χ1v) is 5.35. The molecule has 72 valence electrons. The SMILES string of the molecule is C=CCC1(C#N)CCCCCCC1. The minimum absolute atomic E-state index is 0.0673. The molecule has 0 saturated heterocycles. The molecule has 13 heavy (non-hydrogen) atoms. The van der Waals surface area contributed by atoms with Gasteiger partial charge in [-0.05, 0) is 19.3 Å². The molecule has 0 aromatic heterocycles. The predicted molar refractivity (Wildman–Crippen MR) is 55.2 cm³/mol. The molecule has 0 aliphatic heterocycles. The number of nitriles is 1. The van der Waals surface area contributed by atoms with Crippen LogP contribution >= 0.6 is 0 Å². The number of allylic oxidation sites excluding steroid dienone is 1. The summed E-state index contributed by atoms with van der Waals surface area (Å²) in [6.07, 6.45) is 11.4. The molecule has 0 aromatic carbocycles. The Morgan fingerprint density at radius 3 is 2.15 bits per heavy atom. The molecule has 0 atom stereocenters. The summed E-state index contributed by atoms with van der Waals surface area (Å²) in [5, 5.41) is 9.19. The summed E-state index contributed by atoms with van der Waals surface area (Å²) in [6, 6.07) is 2.51. The van der Waals surface area contributed by atoms with Crippen molar-refractivity contribution in [3.8, 4) is 6.07 Å². The first-order valence-electron chi connectivity index (χ1n) is 5.35. The van der Waals surface area contributed by atoms with E-state index in [9.17, 15) is 5.26 Å². The van der Waals surface area contributed by atoms with Gasteiger partial charge < -0.3 is 0 Å². The van der Waals surface area contributed by atoms with Gasteiger partial charge in [-0.1, -0.05) is 38.2 Å². The maximum atomic E-state index is 9.19. The maximum Gasteiger partial charge on any atom is 0.0693 e. The van der Waals surface area contributed by atoms with E-state index in [1.807, 2.05) is 6.08 Å². The summed E-state index contributed by atoms with van der Waals surface area (Å²) in [5.41, 5.74) is -0.0673. The highest BCUT2D eigenvalue weighted by atomic mass is 14.4. The van der Waals surface area contributed by atoms with Crippen molar-refractivity contribution in [2.75, 3.05) is 0 Å². The fraction of sp³-hybridized carbons (Fsp3) is 0.750. The molecule has 1 fully saturated rings. The first kappa shape index (κ1) is 10.3. The van der Waals surface area contributed by atoms with E-state index in [4.69, 9.17) is 0 Å². The fourth-order valence-corrected chi connectivity index (χ4v) is 2.22. The van der Waals surface area contributed by atoms with E-state index < -0.39 is 0 Å². The molecule has 0 spiro atoms. The summed E-state index contributed by atoms with van der Waals surface area (Å²) in [6.45, 7) is 3.75. The monoisotopic (exact) mass is 177 g/mol. The molecule has 0 bridgehead atoms. The van der Waals surface area contributed by atoms with Gasteiger partial charge in [-0.3, -0.25) is 0 Å². The number of hydrogen-bond donors (Lipinski definition) is 0. The van der Waals surface area contributed by atoms with Crippen LogP contribution in [0.25, 0.3) is 0 Å². The highest BCUT2D eigenvalue weighted by Gasteiger charge is 2.28. The summed E-state index contributed by atoms with van der Waals surface area (Å²) < 4.78 is 0. The molecular formula is C12H19N. The molecule has 1 aliphatic carbocycles. The normalized spacial score (nSPS) is 22.4. The number of rotatable bonds is 2. The van der Waals surface area contributed by atoms with Gasteiger partial charge in [-0.2, -0.15) is 5.26 Å². The average molecular weight is 177 g/mol. The van der Waals surface area contributed by atoms with Gasteiger partial charge >= 0.3 is 0 Å². The lowest BCUT2D eigenvalue weighted by Gasteiger charge is -2.27. The summed E-state index contributed by atoms with van der Waals surface area (Å²) in [4.78, 5) is 0. The third-order valence-corrected chi connectivity index (χ3v) is 3.08. The molecular weight excluding hydrogens is 158 g/mol. The molecule has 0 unspecified atom stereocenters. The van der Waals surface area contributed by atoms with E-state index in [2.05, 4.69) is 12.6 Å². The van der Waals surface area contributed by atoms with Crippen LogP contribution in [0.4, 0.5) is 0 Å². The molecule has 1 saturated carbocycles. The van der Waals surface area contributed by atoms with Crippen LogP contribution in [0.5, 0.6) is 0 Å². The Balaban J connectivity index is 2.58. The van der Waals surface area contributed by atoms with E-state index in [0.29, 0.717) is 0 Å². The molecule has 0 N–H and O–H groups in total. The second-order valence-electron chi connectivity index (χ2n) is 4.15. The van der Waals surface area contributed by atoms with Gasteiger partial charge in [0, 0.05) is 0 Å². The standard InChI is InChI=1S/C12H19N/c1-2-8-12(11-13)9-6-4-3-5-7-10-12/h2H,1,3-10H2. The van der Waals surface area contributed by atoms with E-state index >= 15 is 0 Å². The molecule has 0 aromatic rings. The Bertz CT molecular complexity index is 192. The summed E-state index contributed by atoms with van der Waals surface area (Å²) in [5.74, 6) is 0. The number of hydrogen-bond acceptors (Lipinski definition) is 1. The summed E-state index contributed by atoms with van der Waals surface area (Å²) >= 11 is 0. The highest BCUT2D eigenvalue weighted by molar-refractivity contribution is 5.02. The van der Waals surface area contributed by atoms with Gasteiger partial charge in [0.2, 0.25) is 0 Å². The fourth-order valence-electron chi connectivity index (χ4n) is 2.22. The van der Waals surface area contributed by atoms with Crippen LogP contribution in [0, 0.1) is 16.7 Å². The minimum Gasteiger partial charge on any atom is -0.198 e. The van der Waals surface area contributed by atoms with Gasteiger partial charge in [-0.25, -0.2) is 0 Å². The van der Waals surface area contributed by atoms with Crippen molar-refractivity contribution in [3.05, 3.63) is 12.7 Å². The Morgan fingerprint density at radius 1 is 1.15 bits per heavy atom. The second kappa shape index (κ2) is 5.07. The van der Waals surface area contributed by atoms with Gasteiger partial charge in [0.25, 0.3) is 0 Å². The smallest absolute Gasteiger partial charge is 0.0693 e. The van der Waals surface area contributed by atoms with E-state index in [0.717, 1.165) is 19.3 Å². The van der Waals surface area contributed by atoms with Crippen LogP contribution in [-0.2, 0) is 0 Å². The lowest BCUT2D eigenvalue weighted by molar-refractivity contribution is 0.292. The van der Waals surface area contributed by atoms with E-state index in [1.165, 1.54) is 32.1 Å². The largest absolute Gasteiger partial charge is 0.198 e. The van der Waals surface area contributed by atoms with E-state index in [-0.39, 0.29) is 5.41 Å². The van der Waals surface area contributed by atoms with Crippen molar-refractivity contribution >= 4 is 0 Å². The molecule has 1 heteroatoms. The van der Waals surface area contributed by atoms with Gasteiger partial charge in [0.1, 0.15) is 0 Å². The Labute approximate surface area is 81.5 Å². The van der Waals surface area contributed by atoms with Crippen molar-refractivity contribution in [1.29, 1.82) is 5.26 Å². The Kier molecular flexibility index (Phi) is 4.02. The quantitative estimate of drug-likeness (QED) is 0.588. The van der Waals surface area contributed by atoms with Gasteiger partial charge in [0.15, 0.2) is 0 Å². The van der Waals surface area contributed by atoms with Gasteiger partial charge in [0.05, 0.1) is 11.5 Å². The lowest BCUT2D eigenvalue weighted by atomic mass is 9.75. The average Bonchev–Trinajstić information content (AvgIpc) is 2.10. The van der Waals surface area contributed by atoms with Crippen LogP contribution in [0.1, 0.15) is 51.4 Å². The zero-order chi connectivity index (χ0) is 9.57. The Morgan fingerprint density at radius 2 is 1.69 bits per heavy atom. The van der Waals surface area contributed by atoms with Crippen LogP contribution < -0.4 is 0 Å². The van der Waals surface area contributed by atoms with Crippen molar-refractivity contribution in [2.45, 2.75) is 51.4 Å². The second-order valence-corrected chi connectivity index (χ2v) is 4.15. The van der Waals surface area contributed by atoms with Crippen molar-refractivity contribution in [3.63, 3.8) is 0 Å². The molecule has 1 rings (SSSR count). The summed E-state index contributed by atoms with van der Waals surface area (Å²) in [7, 11) is 0. The molecule has 0 amide bonds. The lowest BCUT2D eigenvalue weighted by Crippen LogP contribution is -2.19. The van der Waals surface area contributed by atoms with Crippen LogP contribution in [0.15, 0.2) is 12.7 Å². The third kappa shape index (κ3) is 2.88. The minimum atomic E-state index is -0.0673. The molecule has 1 nitrogen and oxygen atoms in total. The van der Waals surface area contributed by atoms with Crippen molar-refractivity contribution in [2.24, 2.45) is 5.41 Å². The third-order valence-electron chi connectivity index (χ3n) is 3.08. The van der Waals surface area contributed by atoms with Crippen LogP contribution in [0.3, 0.4) is 0 Å². The van der Waals surface area contributed by atoms with E-state index in [1.54, 1.807) is 0 Å². The predicted octanol–water partition coefficient (Wildman–Crippen LogP) is 3.82. The highest BCUT2D eigenvalue weighted by Crippen LogP contribution is 2.36. The molecule has 0 heterocycles. The van der Waals surface area contributed by atoms with Gasteiger partial charge in [-0.15, -0.1) is 6.58 Å². The number of nitrogens with zero attached hydrogens (tertiary/aromatic N) is 1. The zero-order valence-corrected chi connectivity index (χ0v) is 8.39. The van der Waals surface area contributed by atoms with Crippen LogP contribution in [-0.4, -0.2) is 0 Å². The van der Waals surface area contributed by atoms with Crippen molar-refractivity contribution in [1.82, 2.24) is 0 Å². The molecule has 0 radical (unpaired) electrons. The van der Waals surface area contributed by atoms with Crippen molar-refractivity contribution < 1.29 is 0 Å². The zero-order valence-electron chi connectivity index (χ0n) is 8.39. The molecule has 1 aliphatic rings. The Hall–Kier alpha value is -0.770. The maximum absolute atomic E-state index is 9.19. The topological polar surface area (TPSA) is 23.8 Å². The first-order chi connectivity index (χ1) is 6.33.